The summed E-state index contributed by atoms with van der Waals surface area (Å²) in [6.07, 6.45) is 75.9. The molecular formula is C62H109N2O6P. The Labute approximate surface area is 438 Å². The van der Waals surface area contributed by atoms with E-state index in [0.717, 1.165) is 96.3 Å². The second-order valence-electron chi connectivity index (χ2n) is 20.3. The summed E-state index contributed by atoms with van der Waals surface area (Å²) in [5.74, 6) is -0.207. The fourth-order valence-electron chi connectivity index (χ4n) is 7.76. The van der Waals surface area contributed by atoms with Gasteiger partial charge in [-0.1, -0.05) is 245 Å². The largest absolute Gasteiger partial charge is 0.756 e. The van der Waals surface area contributed by atoms with Crippen LogP contribution in [0.25, 0.3) is 0 Å². The monoisotopic (exact) mass is 1010 g/mol. The lowest BCUT2D eigenvalue weighted by molar-refractivity contribution is -0.870. The zero-order valence-corrected chi connectivity index (χ0v) is 47.3. The Kier molecular flexibility index (Phi) is 50.0. The van der Waals surface area contributed by atoms with Crippen LogP contribution in [0, 0.1) is 0 Å². The number of nitrogens with zero attached hydrogens (tertiary/aromatic N) is 1. The quantitative estimate of drug-likeness (QED) is 0.0272. The number of aliphatic hydroxyl groups is 1. The molecule has 0 saturated carbocycles. The van der Waals surface area contributed by atoms with E-state index in [1.165, 1.54) is 109 Å². The van der Waals surface area contributed by atoms with Crippen LogP contribution in [0.3, 0.4) is 0 Å². The van der Waals surface area contributed by atoms with Gasteiger partial charge in [0.1, 0.15) is 13.2 Å². The zero-order valence-electron chi connectivity index (χ0n) is 46.4. The van der Waals surface area contributed by atoms with Crippen molar-refractivity contribution in [3.05, 3.63) is 109 Å². The number of unbranched alkanes of at least 4 members (excludes halogenated alkanes) is 22. The summed E-state index contributed by atoms with van der Waals surface area (Å²) in [5, 5.41) is 13.8. The molecule has 2 N–H and O–H groups in total. The Balaban J connectivity index is 4.15. The van der Waals surface area contributed by atoms with Crippen molar-refractivity contribution in [1.29, 1.82) is 0 Å². The summed E-state index contributed by atoms with van der Waals surface area (Å²) in [6.45, 7) is 4.52. The minimum Gasteiger partial charge on any atom is -0.756 e. The second kappa shape index (κ2) is 52.0. The standard InChI is InChI=1S/C62H109N2O6P/c1-6-8-10-12-14-16-18-20-22-23-24-25-26-27-28-29-30-31-32-33-34-35-36-37-38-39-40-41-42-44-46-48-50-52-54-56-62(66)63-60(59-70-71(67,68)69-58-57-64(3,4)5)61(65)55-53-51-49-47-45-43-21-19-17-15-13-11-9-7-2/h8,10,14,16,20,22,24-25,27-28,30-31,33-34,36-37,53,55,60-61,65H,6-7,9,11-13,15,17-19,21,23,26,29,32,35,38-52,54,56-59H2,1-5H3,(H-,63,66,67,68)/b10-8-,16-14-,22-20-,25-24-,28-27-,31-30-,34-33-,37-36-,55-53+. The van der Waals surface area contributed by atoms with Gasteiger partial charge in [0, 0.05) is 6.42 Å². The molecule has 0 aliphatic carbocycles. The molecular weight excluding hydrogens is 900 g/mol. The van der Waals surface area contributed by atoms with Crippen LogP contribution < -0.4 is 10.2 Å². The Morgan fingerprint density at radius 2 is 0.859 bits per heavy atom. The molecule has 3 atom stereocenters. The molecule has 71 heavy (non-hydrogen) atoms. The summed E-state index contributed by atoms with van der Waals surface area (Å²) < 4.78 is 23.3. The van der Waals surface area contributed by atoms with Gasteiger partial charge in [-0.3, -0.25) is 9.36 Å². The van der Waals surface area contributed by atoms with Crippen LogP contribution in [-0.2, 0) is 18.4 Å². The first-order chi connectivity index (χ1) is 34.5. The normalized spacial score (nSPS) is 14.7. The Hall–Kier alpha value is -2.84. The molecule has 0 rings (SSSR count). The predicted octanol–water partition coefficient (Wildman–Crippen LogP) is 17.0. The van der Waals surface area contributed by atoms with Crippen molar-refractivity contribution in [1.82, 2.24) is 5.32 Å². The van der Waals surface area contributed by atoms with E-state index in [9.17, 15) is 19.4 Å². The fourth-order valence-corrected chi connectivity index (χ4v) is 8.48. The third-order valence-electron chi connectivity index (χ3n) is 12.2. The lowest BCUT2D eigenvalue weighted by Crippen LogP contribution is -2.45. The highest BCUT2D eigenvalue weighted by atomic mass is 31.2. The predicted molar refractivity (Wildman–Crippen MR) is 306 cm³/mol. The first-order valence-corrected chi connectivity index (χ1v) is 30.2. The van der Waals surface area contributed by atoms with E-state index in [4.69, 9.17) is 9.05 Å². The van der Waals surface area contributed by atoms with Gasteiger partial charge in [-0.05, 0) is 83.5 Å². The van der Waals surface area contributed by atoms with Crippen LogP contribution >= 0.6 is 7.82 Å². The number of phosphoric acid groups is 1. The van der Waals surface area contributed by atoms with Gasteiger partial charge in [0.25, 0.3) is 7.82 Å². The number of allylic oxidation sites excluding steroid dienone is 17. The molecule has 1 amide bonds. The molecule has 9 heteroatoms. The number of phosphoric ester groups is 1. The van der Waals surface area contributed by atoms with Gasteiger partial charge in [-0.2, -0.15) is 0 Å². The molecule has 0 bridgehead atoms. The topological polar surface area (TPSA) is 108 Å². The van der Waals surface area contributed by atoms with Crippen molar-refractivity contribution in [2.75, 3.05) is 40.9 Å². The number of nitrogens with one attached hydrogen (secondary N) is 1. The highest BCUT2D eigenvalue weighted by molar-refractivity contribution is 7.45. The molecule has 0 fully saturated rings. The molecule has 0 heterocycles. The third-order valence-corrected chi connectivity index (χ3v) is 13.2. The molecule has 0 aliphatic rings. The lowest BCUT2D eigenvalue weighted by Gasteiger charge is -2.29. The maximum absolute atomic E-state index is 12.9. The Bertz CT molecular complexity index is 1520. The zero-order chi connectivity index (χ0) is 52.0. The minimum absolute atomic E-state index is 0.00653. The molecule has 0 aromatic heterocycles. The second-order valence-corrected chi connectivity index (χ2v) is 21.7. The number of carbonyl (C=O) groups excluding carboxylic acids is 1. The maximum atomic E-state index is 12.9. The van der Waals surface area contributed by atoms with Crippen molar-refractivity contribution in [2.24, 2.45) is 0 Å². The molecule has 0 radical (unpaired) electrons. The number of likely N-dealkylation sites (N-methyl/N-ethyl adjacent to an activating group) is 1. The van der Waals surface area contributed by atoms with E-state index in [1.807, 2.05) is 27.2 Å². The van der Waals surface area contributed by atoms with Gasteiger partial charge in [0.05, 0.1) is 39.9 Å². The van der Waals surface area contributed by atoms with Crippen LogP contribution in [0.15, 0.2) is 109 Å². The first kappa shape index (κ1) is 68.2. The van der Waals surface area contributed by atoms with E-state index in [-0.39, 0.29) is 19.1 Å². The van der Waals surface area contributed by atoms with E-state index in [0.29, 0.717) is 17.4 Å². The van der Waals surface area contributed by atoms with Crippen LogP contribution in [-0.4, -0.2) is 68.5 Å². The van der Waals surface area contributed by atoms with E-state index in [2.05, 4.69) is 116 Å². The minimum atomic E-state index is -4.60. The summed E-state index contributed by atoms with van der Waals surface area (Å²) in [5.41, 5.74) is 0. The molecule has 0 aromatic rings. The average Bonchev–Trinajstić information content (AvgIpc) is 3.33. The van der Waals surface area contributed by atoms with Crippen LogP contribution in [0.5, 0.6) is 0 Å². The van der Waals surface area contributed by atoms with Crippen molar-refractivity contribution >= 4 is 13.7 Å². The SMILES string of the molecule is CC/C=C\C/C=C\C/C=C\C/C=C\C/C=C\C/C=C\C/C=C\C/C=C\CCCCCCCCCCCCC(=O)NC(COP(=O)([O-])OCC[N+](C)(C)C)C(O)/C=C/CCCCCCCCCCCCCC. The number of hydrogen-bond acceptors (Lipinski definition) is 6. The highest BCUT2D eigenvalue weighted by Crippen LogP contribution is 2.38. The van der Waals surface area contributed by atoms with Crippen LogP contribution in [0.1, 0.15) is 226 Å². The van der Waals surface area contributed by atoms with Gasteiger partial charge < -0.3 is 28.8 Å². The number of aliphatic hydroxyl groups excluding tert-OH is 1. The number of carbonyl (C=O) groups is 1. The number of quaternary nitrogens is 1. The van der Waals surface area contributed by atoms with Crippen molar-refractivity contribution < 1.29 is 32.9 Å². The molecule has 0 spiro atoms. The number of amides is 1. The summed E-state index contributed by atoms with van der Waals surface area (Å²) >= 11 is 0. The molecule has 0 aromatic carbocycles. The first-order valence-electron chi connectivity index (χ1n) is 28.7. The van der Waals surface area contributed by atoms with Crippen molar-refractivity contribution in [2.45, 2.75) is 238 Å². The Morgan fingerprint density at radius 1 is 0.507 bits per heavy atom. The molecule has 0 aliphatic heterocycles. The van der Waals surface area contributed by atoms with Gasteiger partial charge in [0.2, 0.25) is 5.91 Å². The van der Waals surface area contributed by atoms with Gasteiger partial charge in [0.15, 0.2) is 0 Å². The van der Waals surface area contributed by atoms with Crippen LogP contribution in [0.2, 0.25) is 0 Å². The van der Waals surface area contributed by atoms with Crippen molar-refractivity contribution in [3.8, 4) is 0 Å². The molecule has 3 unspecified atom stereocenters. The average molecular weight is 1010 g/mol. The molecule has 408 valence electrons. The number of hydrogen-bond donors (Lipinski definition) is 2. The maximum Gasteiger partial charge on any atom is 0.268 e. The van der Waals surface area contributed by atoms with E-state index >= 15 is 0 Å². The highest BCUT2D eigenvalue weighted by Gasteiger charge is 2.23. The number of rotatable bonds is 51. The molecule has 8 nitrogen and oxygen atoms in total. The smallest absolute Gasteiger partial charge is 0.268 e. The summed E-state index contributed by atoms with van der Waals surface area (Å²) in [7, 11) is 1.25. The van der Waals surface area contributed by atoms with Gasteiger partial charge in [-0.25, -0.2) is 0 Å². The van der Waals surface area contributed by atoms with E-state index in [1.54, 1.807) is 6.08 Å². The van der Waals surface area contributed by atoms with Crippen molar-refractivity contribution in [3.63, 3.8) is 0 Å². The van der Waals surface area contributed by atoms with E-state index < -0.39 is 20.0 Å². The summed E-state index contributed by atoms with van der Waals surface area (Å²) in [4.78, 5) is 25.5. The van der Waals surface area contributed by atoms with Gasteiger partial charge in [-0.15, -0.1) is 0 Å². The Morgan fingerprint density at radius 3 is 1.25 bits per heavy atom. The lowest BCUT2D eigenvalue weighted by atomic mass is 10.0. The third kappa shape index (κ3) is 54.8. The fraction of sp³-hybridized carbons (Fsp3) is 0.694. The van der Waals surface area contributed by atoms with Crippen LogP contribution in [0.4, 0.5) is 0 Å². The molecule has 0 saturated heterocycles. The van der Waals surface area contributed by atoms with Gasteiger partial charge >= 0.3 is 0 Å². The summed E-state index contributed by atoms with van der Waals surface area (Å²) in [6, 6.07) is -0.895.